The molecule has 0 aliphatic rings. The largest absolute Gasteiger partial charge is 0.493 e. The number of esters is 1. The molecule has 0 saturated heterocycles. The van der Waals surface area contributed by atoms with E-state index < -0.39 is 14.0 Å². The third-order valence-electron chi connectivity index (χ3n) is 5.62. The molecule has 194 valence electrons. The molecule has 9 nitrogen and oxygen atoms in total. The lowest BCUT2D eigenvalue weighted by atomic mass is 10.1. The molecule has 0 spiro atoms. The van der Waals surface area contributed by atoms with E-state index in [0.29, 0.717) is 45.3 Å². The molecule has 1 amide bonds. The Morgan fingerprint density at radius 1 is 1.08 bits per heavy atom. The second-order valence-electron chi connectivity index (χ2n) is 9.36. The molecule has 3 rings (SSSR count). The Hall–Kier alpha value is -2.64. The van der Waals surface area contributed by atoms with Gasteiger partial charge in [0, 0.05) is 36.0 Å². The van der Waals surface area contributed by atoms with E-state index in [9.17, 15) is 9.59 Å². The number of hydrogen-bond donors (Lipinski definition) is 0. The highest BCUT2D eigenvalue weighted by atomic mass is 127. The quantitative estimate of drug-likeness (QED) is 0.131. The Balaban J connectivity index is 1.99. The number of amides is 1. The Bertz CT molecular complexity index is 1240. The maximum Gasteiger partial charge on any atom is 0.325 e. The lowest BCUT2D eigenvalue weighted by molar-refractivity contribution is -0.138. The number of nitrogens with zero attached hydrogens (tertiary/aromatic N) is 3. The van der Waals surface area contributed by atoms with Crippen molar-refractivity contribution in [3.63, 3.8) is 0 Å². The summed E-state index contributed by atoms with van der Waals surface area (Å²) < 4.78 is 24.1. The zero-order chi connectivity index (χ0) is 26.5. The maximum absolute atomic E-state index is 13.8. The second kappa shape index (κ2) is 12.1. The first-order valence-corrected chi connectivity index (χ1v) is 16.2. The van der Waals surface area contributed by atoms with Crippen LogP contribution in [0.4, 0.5) is 5.69 Å². The fraction of sp³-hybridized carbons (Fsp3) is 0.400. The van der Waals surface area contributed by atoms with Gasteiger partial charge < -0.3 is 23.5 Å². The van der Waals surface area contributed by atoms with Gasteiger partial charge in [-0.1, -0.05) is 19.6 Å². The summed E-state index contributed by atoms with van der Waals surface area (Å²) in [6.07, 6.45) is 3.49. The van der Waals surface area contributed by atoms with Crippen molar-refractivity contribution < 1.29 is 28.5 Å². The fourth-order valence-corrected chi connectivity index (χ4v) is 5.01. The van der Waals surface area contributed by atoms with Gasteiger partial charge in [0.1, 0.15) is 18.9 Å². The first-order valence-electron chi connectivity index (χ1n) is 11.4. The van der Waals surface area contributed by atoms with Gasteiger partial charge in [0.2, 0.25) is 0 Å². The summed E-state index contributed by atoms with van der Waals surface area (Å²) in [4.78, 5) is 32.1. The smallest absolute Gasteiger partial charge is 0.325 e. The van der Waals surface area contributed by atoms with Crippen LogP contribution < -0.4 is 14.4 Å². The Morgan fingerprint density at radius 2 is 1.78 bits per heavy atom. The van der Waals surface area contributed by atoms with Gasteiger partial charge in [-0.05, 0) is 52.9 Å². The maximum atomic E-state index is 13.8. The van der Waals surface area contributed by atoms with Crippen molar-refractivity contribution in [1.82, 2.24) is 9.55 Å². The minimum atomic E-state index is -1.19. The molecule has 0 aliphatic carbocycles. The van der Waals surface area contributed by atoms with E-state index in [2.05, 4.69) is 47.2 Å². The Labute approximate surface area is 225 Å². The first-order chi connectivity index (χ1) is 17.1. The van der Waals surface area contributed by atoms with E-state index in [4.69, 9.17) is 18.9 Å². The third-order valence-corrected chi connectivity index (χ3v) is 8.22. The average Bonchev–Trinajstić information content (AvgIpc) is 3.27. The predicted octanol–water partition coefficient (Wildman–Crippen LogP) is 4.79. The van der Waals surface area contributed by atoms with E-state index >= 15 is 0 Å². The van der Waals surface area contributed by atoms with E-state index in [-0.39, 0.29) is 12.5 Å². The molecule has 0 aliphatic heterocycles. The molecule has 0 radical (unpaired) electrons. The molecule has 0 bridgehead atoms. The number of anilines is 1. The van der Waals surface area contributed by atoms with E-state index in [1.165, 1.54) is 26.2 Å². The monoisotopic (exact) mass is 625 g/mol. The summed E-state index contributed by atoms with van der Waals surface area (Å²) in [6, 6.07) is 7.99. The topological polar surface area (TPSA) is 92.1 Å². The molecular weight excluding hydrogens is 593 g/mol. The van der Waals surface area contributed by atoms with E-state index in [1.807, 2.05) is 16.8 Å². The van der Waals surface area contributed by atoms with Gasteiger partial charge in [-0.3, -0.25) is 14.5 Å². The van der Waals surface area contributed by atoms with Crippen LogP contribution >= 0.6 is 22.6 Å². The van der Waals surface area contributed by atoms with Crippen LogP contribution in [0.15, 0.2) is 36.7 Å². The third kappa shape index (κ3) is 6.56. The number of pyridine rings is 1. The number of halogens is 1. The van der Waals surface area contributed by atoms with Gasteiger partial charge in [0.15, 0.2) is 11.5 Å². The van der Waals surface area contributed by atoms with Crippen molar-refractivity contribution in [2.75, 3.05) is 39.4 Å². The number of carbonyl (C=O) groups excluding carboxylic acids is 2. The van der Waals surface area contributed by atoms with Crippen LogP contribution in [0.2, 0.25) is 25.7 Å². The lowest BCUT2D eigenvalue weighted by Crippen LogP contribution is -2.37. The highest BCUT2D eigenvalue weighted by Crippen LogP contribution is 2.34. The molecule has 36 heavy (non-hydrogen) atoms. The molecule has 0 atom stereocenters. The average molecular weight is 626 g/mol. The number of benzene rings is 1. The van der Waals surface area contributed by atoms with Gasteiger partial charge in [-0.25, -0.2) is 4.98 Å². The summed E-state index contributed by atoms with van der Waals surface area (Å²) in [7, 11) is 3.14. The summed E-state index contributed by atoms with van der Waals surface area (Å²) in [5, 5.41) is 0.721. The highest BCUT2D eigenvalue weighted by Gasteiger charge is 2.27. The van der Waals surface area contributed by atoms with Gasteiger partial charge in [0.25, 0.3) is 5.91 Å². The molecule has 11 heteroatoms. The van der Waals surface area contributed by atoms with Crippen LogP contribution in [-0.4, -0.2) is 64.0 Å². The zero-order valence-corrected chi connectivity index (χ0v) is 24.6. The van der Waals surface area contributed by atoms with Gasteiger partial charge in [0.05, 0.1) is 32.6 Å². The molecule has 0 N–H and O–H groups in total. The van der Waals surface area contributed by atoms with Crippen LogP contribution in [-0.2, 0) is 21.0 Å². The van der Waals surface area contributed by atoms with Crippen molar-refractivity contribution in [2.45, 2.75) is 32.4 Å². The molecule has 3 aromatic rings. The number of carbonyl (C=O) groups is 2. The number of aromatic nitrogens is 2. The van der Waals surface area contributed by atoms with Crippen LogP contribution in [0.25, 0.3) is 11.0 Å². The van der Waals surface area contributed by atoms with Crippen molar-refractivity contribution >= 4 is 59.3 Å². The van der Waals surface area contributed by atoms with Crippen molar-refractivity contribution in [3.8, 4) is 11.5 Å². The summed E-state index contributed by atoms with van der Waals surface area (Å²) >= 11 is 2.07. The van der Waals surface area contributed by atoms with Crippen molar-refractivity contribution in [3.05, 3.63) is 45.8 Å². The van der Waals surface area contributed by atoms with Crippen LogP contribution in [0, 0.1) is 3.57 Å². The van der Waals surface area contributed by atoms with Crippen molar-refractivity contribution in [1.29, 1.82) is 0 Å². The summed E-state index contributed by atoms with van der Waals surface area (Å²) in [5.74, 6) is 0.00607. The minimum absolute atomic E-state index is 0.267. The van der Waals surface area contributed by atoms with Crippen molar-refractivity contribution in [2.24, 2.45) is 0 Å². The first kappa shape index (κ1) is 27.9. The number of methoxy groups -OCH3 is 3. The lowest BCUT2D eigenvalue weighted by Gasteiger charge is -2.23. The minimum Gasteiger partial charge on any atom is -0.493 e. The van der Waals surface area contributed by atoms with Gasteiger partial charge in [-0.15, -0.1) is 0 Å². The SMILES string of the molecule is COC(=O)CN(C(=O)c1cc(OC)c(OC)cc1I)c1ccnc2c1ccn2COCC[Si](C)(C)C. The van der Waals surface area contributed by atoms with E-state index in [1.54, 1.807) is 24.4 Å². The van der Waals surface area contributed by atoms with Crippen LogP contribution in [0.3, 0.4) is 0 Å². The fourth-order valence-electron chi connectivity index (χ4n) is 3.58. The Kier molecular flexibility index (Phi) is 9.36. The van der Waals surface area contributed by atoms with E-state index in [0.717, 1.165) is 11.4 Å². The van der Waals surface area contributed by atoms with Gasteiger partial charge in [-0.2, -0.15) is 0 Å². The molecule has 2 heterocycles. The molecule has 0 fully saturated rings. The second-order valence-corrected chi connectivity index (χ2v) is 16.1. The number of ether oxygens (including phenoxy) is 4. The molecule has 1 aromatic carbocycles. The standard InChI is InChI=1S/C25H32IN3O6Si/c1-32-21-13-18(19(26)14-22(21)33-2)25(31)29(15-23(30)34-3)20-7-9-27-24-17(20)8-10-28(24)16-35-11-12-36(4,5)6/h7-10,13-14H,11-12,15-16H2,1-6H3. The van der Waals surface area contributed by atoms with Crippen LogP contribution in [0.5, 0.6) is 11.5 Å². The number of fused-ring (bicyclic) bond motifs is 1. The molecule has 0 saturated carbocycles. The normalized spacial score (nSPS) is 11.4. The van der Waals surface area contributed by atoms with Crippen LogP contribution in [0.1, 0.15) is 10.4 Å². The molecule has 0 unspecified atom stereocenters. The van der Waals surface area contributed by atoms with Gasteiger partial charge >= 0.3 is 5.97 Å². The molecule has 2 aromatic heterocycles. The predicted molar refractivity (Wildman–Crippen MR) is 150 cm³/mol. The zero-order valence-electron chi connectivity index (χ0n) is 21.5. The summed E-state index contributed by atoms with van der Waals surface area (Å²) in [5.41, 5.74) is 1.57. The summed E-state index contributed by atoms with van der Waals surface area (Å²) in [6.45, 7) is 7.69. The number of rotatable bonds is 11. The Morgan fingerprint density at radius 3 is 2.42 bits per heavy atom. The number of hydrogen-bond acceptors (Lipinski definition) is 7. The highest BCUT2D eigenvalue weighted by molar-refractivity contribution is 14.1. The molecular formula is C25H32IN3O6Si.